The smallest absolute Gasteiger partial charge is 0.132 e. The van der Waals surface area contributed by atoms with Gasteiger partial charge in [0.15, 0.2) is 0 Å². The highest BCUT2D eigenvalue weighted by Gasteiger charge is 2.06. The van der Waals surface area contributed by atoms with Crippen LogP contribution in [0.3, 0.4) is 0 Å². The number of aromatic hydroxyl groups is 1. The molecule has 1 aromatic heterocycles. The molecule has 0 amide bonds. The molecule has 0 aliphatic rings. The van der Waals surface area contributed by atoms with Gasteiger partial charge in [-0.05, 0) is 37.6 Å². The molecule has 4 heteroatoms. The predicted octanol–water partition coefficient (Wildman–Crippen LogP) is 2.61. The van der Waals surface area contributed by atoms with Gasteiger partial charge in [0.25, 0.3) is 0 Å². The van der Waals surface area contributed by atoms with Crippen molar-refractivity contribution in [2.75, 3.05) is 18.5 Å². The molecule has 0 saturated heterocycles. The molecular formula is C14H17N3O. The predicted molar refractivity (Wildman–Crippen MR) is 72.8 cm³/mol. The average molecular weight is 243 g/mol. The summed E-state index contributed by atoms with van der Waals surface area (Å²) in [6.07, 6.45) is 1.57. The molecule has 0 radical (unpaired) electrons. The minimum atomic E-state index is 0.304. The van der Waals surface area contributed by atoms with Crippen LogP contribution >= 0.6 is 0 Å². The molecule has 1 aromatic carbocycles. The molecule has 0 atom stereocenters. The first kappa shape index (κ1) is 12.4. The fourth-order valence-electron chi connectivity index (χ4n) is 1.69. The molecule has 0 aliphatic carbocycles. The monoisotopic (exact) mass is 243 g/mol. The molecule has 0 fully saturated rings. The fourth-order valence-corrected chi connectivity index (χ4v) is 1.69. The minimum absolute atomic E-state index is 0.304. The SMILES string of the molecule is CCN(C)c1cc(-c2ccc(O)c(C)c2)ncn1. The molecule has 1 heterocycles. The van der Waals surface area contributed by atoms with Gasteiger partial charge in [0, 0.05) is 25.2 Å². The number of phenols is 1. The van der Waals surface area contributed by atoms with Gasteiger partial charge in [-0.3, -0.25) is 0 Å². The molecule has 0 saturated carbocycles. The van der Waals surface area contributed by atoms with Crippen molar-refractivity contribution in [3.63, 3.8) is 0 Å². The lowest BCUT2D eigenvalue weighted by molar-refractivity contribution is 0.471. The van der Waals surface area contributed by atoms with Crippen molar-refractivity contribution in [1.29, 1.82) is 0 Å². The lowest BCUT2D eigenvalue weighted by Gasteiger charge is -2.15. The minimum Gasteiger partial charge on any atom is -0.508 e. The number of hydrogen-bond acceptors (Lipinski definition) is 4. The third kappa shape index (κ3) is 2.42. The molecule has 0 bridgehead atoms. The molecule has 94 valence electrons. The largest absolute Gasteiger partial charge is 0.508 e. The molecule has 0 aliphatic heterocycles. The maximum Gasteiger partial charge on any atom is 0.132 e. The van der Waals surface area contributed by atoms with Gasteiger partial charge in [-0.15, -0.1) is 0 Å². The van der Waals surface area contributed by atoms with E-state index < -0.39 is 0 Å². The van der Waals surface area contributed by atoms with Gasteiger partial charge in [-0.2, -0.15) is 0 Å². The topological polar surface area (TPSA) is 49.2 Å². The molecule has 1 N–H and O–H groups in total. The maximum absolute atomic E-state index is 9.53. The van der Waals surface area contributed by atoms with E-state index in [4.69, 9.17) is 0 Å². The summed E-state index contributed by atoms with van der Waals surface area (Å²) < 4.78 is 0. The van der Waals surface area contributed by atoms with Crippen molar-refractivity contribution >= 4 is 5.82 Å². The van der Waals surface area contributed by atoms with Crippen molar-refractivity contribution in [1.82, 2.24) is 9.97 Å². The van der Waals surface area contributed by atoms with E-state index in [1.807, 2.05) is 32.2 Å². The van der Waals surface area contributed by atoms with Crippen LogP contribution in [-0.2, 0) is 0 Å². The summed E-state index contributed by atoms with van der Waals surface area (Å²) >= 11 is 0. The van der Waals surface area contributed by atoms with Crippen LogP contribution in [0, 0.1) is 6.92 Å². The summed E-state index contributed by atoms with van der Waals surface area (Å²) in [4.78, 5) is 10.6. The van der Waals surface area contributed by atoms with Gasteiger partial charge >= 0.3 is 0 Å². The Morgan fingerprint density at radius 2 is 2.00 bits per heavy atom. The van der Waals surface area contributed by atoms with E-state index >= 15 is 0 Å². The number of hydrogen-bond donors (Lipinski definition) is 1. The molecule has 0 spiro atoms. The van der Waals surface area contributed by atoms with E-state index in [2.05, 4.69) is 21.8 Å². The Labute approximate surface area is 107 Å². The Morgan fingerprint density at radius 3 is 2.67 bits per heavy atom. The summed E-state index contributed by atoms with van der Waals surface area (Å²) in [6.45, 7) is 4.84. The Balaban J connectivity index is 2.41. The van der Waals surface area contributed by atoms with Crippen LogP contribution in [0.4, 0.5) is 5.82 Å². The third-order valence-electron chi connectivity index (χ3n) is 3.01. The van der Waals surface area contributed by atoms with Crippen LogP contribution in [0.15, 0.2) is 30.6 Å². The third-order valence-corrected chi connectivity index (χ3v) is 3.01. The zero-order chi connectivity index (χ0) is 13.1. The highest BCUT2D eigenvalue weighted by atomic mass is 16.3. The van der Waals surface area contributed by atoms with E-state index in [1.54, 1.807) is 12.4 Å². The normalized spacial score (nSPS) is 10.4. The number of rotatable bonds is 3. The van der Waals surface area contributed by atoms with E-state index in [1.165, 1.54) is 0 Å². The Morgan fingerprint density at radius 1 is 1.22 bits per heavy atom. The van der Waals surface area contributed by atoms with Gasteiger partial charge in [0.1, 0.15) is 17.9 Å². The number of benzene rings is 1. The molecule has 18 heavy (non-hydrogen) atoms. The Kier molecular flexibility index (Phi) is 3.46. The van der Waals surface area contributed by atoms with E-state index in [0.717, 1.165) is 29.2 Å². The van der Waals surface area contributed by atoms with Crippen LogP contribution < -0.4 is 4.90 Å². The van der Waals surface area contributed by atoms with Gasteiger partial charge < -0.3 is 10.0 Å². The summed E-state index contributed by atoms with van der Waals surface area (Å²) in [5, 5.41) is 9.53. The number of aromatic nitrogens is 2. The van der Waals surface area contributed by atoms with Crippen LogP contribution in [0.2, 0.25) is 0 Å². The van der Waals surface area contributed by atoms with Crippen LogP contribution in [0.25, 0.3) is 11.3 Å². The van der Waals surface area contributed by atoms with Crippen molar-refractivity contribution in [3.05, 3.63) is 36.2 Å². The van der Waals surface area contributed by atoms with Gasteiger partial charge in [0.2, 0.25) is 0 Å². The van der Waals surface area contributed by atoms with Gasteiger partial charge in [-0.25, -0.2) is 9.97 Å². The van der Waals surface area contributed by atoms with Gasteiger partial charge in [-0.1, -0.05) is 0 Å². The van der Waals surface area contributed by atoms with E-state index in [0.29, 0.717) is 5.75 Å². The van der Waals surface area contributed by atoms with Gasteiger partial charge in [0.05, 0.1) is 5.69 Å². The van der Waals surface area contributed by atoms with Crippen LogP contribution in [0.1, 0.15) is 12.5 Å². The molecule has 4 nitrogen and oxygen atoms in total. The average Bonchev–Trinajstić information content (AvgIpc) is 2.41. The number of anilines is 1. The van der Waals surface area contributed by atoms with Crippen molar-refractivity contribution in [2.24, 2.45) is 0 Å². The second-order valence-corrected chi connectivity index (χ2v) is 4.28. The molecule has 2 aromatic rings. The fraction of sp³-hybridized carbons (Fsp3) is 0.286. The van der Waals surface area contributed by atoms with Crippen molar-refractivity contribution in [3.8, 4) is 17.0 Å². The highest BCUT2D eigenvalue weighted by Crippen LogP contribution is 2.25. The molecular weight excluding hydrogens is 226 g/mol. The first-order valence-electron chi connectivity index (χ1n) is 5.95. The van der Waals surface area contributed by atoms with Crippen LogP contribution in [0.5, 0.6) is 5.75 Å². The zero-order valence-corrected chi connectivity index (χ0v) is 10.9. The second-order valence-electron chi connectivity index (χ2n) is 4.28. The summed E-state index contributed by atoms with van der Waals surface area (Å²) in [5.74, 6) is 1.20. The Bertz CT molecular complexity index is 554. The van der Waals surface area contributed by atoms with Crippen LogP contribution in [-0.4, -0.2) is 28.7 Å². The van der Waals surface area contributed by atoms with E-state index in [9.17, 15) is 5.11 Å². The summed E-state index contributed by atoms with van der Waals surface area (Å²) in [5.41, 5.74) is 2.69. The maximum atomic E-state index is 9.53. The zero-order valence-electron chi connectivity index (χ0n) is 10.9. The Hall–Kier alpha value is -2.10. The molecule has 2 rings (SSSR count). The highest BCUT2D eigenvalue weighted by molar-refractivity contribution is 5.64. The lowest BCUT2D eigenvalue weighted by Crippen LogP contribution is -2.17. The second kappa shape index (κ2) is 5.04. The standard InChI is InChI=1S/C14H17N3O/c1-4-17(3)14-8-12(15-9-16-14)11-5-6-13(18)10(2)7-11/h5-9,18H,4H2,1-3H3. The van der Waals surface area contributed by atoms with Crippen molar-refractivity contribution in [2.45, 2.75) is 13.8 Å². The first-order valence-corrected chi connectivity index (χ1v) is 5.95. The summed E-state index contributed by atoms with van der Waals surface area (Å²) in [6, 6.07) is 7.43. The van der Waals surface area contributed by atoms with Crippen molar-refractivity contribution < 1.29 is 5.11 Å². The summed E-state index contributed by atoms with van der Waals surface area (Å²) in [7, 11) is 1.99. The van der Waals surface area contributed by atoms with E-state index in [-0.39, 0.29) is 0 Å². The number of nitrogens with zero attached hydrogens (tertiary/aromatic N) is 3. The number of phenolic OH excluding ortho intramolecular Hbond substituents is 1. The lowest BCUT2D eigenvalue weighted by atomic mass is 10.1. The first-order chi connectivity index (χ1) is 8.61. The molecule has 0 unspecified atom stereocenters. The quantitative estimate of drug-likeness (QED) is 0.900. The number of aryl methyl sites for hydroxylation is 1.